The Hall–Kier alpha value is -1.81. The minimum absolute atomic E-state index is 0.0639. The highest BCUT2D eigenvalue weighted by Gasteiger charge is 2.33. The second kappa shape index (κ2) is 10.2. The van der Waals surface area contributed by atoms with Crippen LogP contribution in [0.1, 0.15) is 29.7 Å². The molecule has 0 aliphatic carbocycles. The van der Waals surface area contributed by atoms with E-state index in [1.54, 1.807) is 17.7 Å². The van der Waals surface area contributed by atoms with Crippen molar-refractivity contribution in [3.63, 3.8) is 0 Å². The van der Waals surface area contributed by atoms with Crippen LogP contribution in [-0.4, -0.2) is 86.0 Å². The number of aryl methyl sites for hydroxylation is 2. The van der Waals surface area contributed by atoms with Crippen LogP contribution in [0.4, 0.5) is 5.82 Å². The summed E-state index contributed by atoms with van der Waals surface area (Å²) in [6.07, 6.45) is 4.46. The summed E-state index contributed by atoms with van der Waals surface area (Å²) in [6, 6.07) is 0.333. The van der Waals surface area contributed by atoms with Crippen molar-refractivity contribution in [2.24, 2.45) is 11.8 Å². The van der Waals surface area contributed by atoms with Crippen molar-refractivity contribution in [1.29, 1.82) is 0 Å². The Kier molecular flexibility index (Phi) is 7.10. The lowest BCUT2D eigenvalue weighted by Crippen LogP contribution is -2.53. The third-order valence-electron chi connectivity index (χ3n) is 7.62. The molecule has 3 aliphatic rings. The molecule has 2 unspecified atom stereocenters. The van der Waals surface area contributed by atoms with E-state index in [1.165, 1.54) is 15.8 Å². The largest absolute Gasteiger partial charge is 0.381 e. The van der Waals surface area contributed by atoms with Crippen LogP contribution in [-0.2, 0) is 14.3 Å². The van der Waals surface area contributed by atoms with Crippen molar-refractivity contribution in [2.45, 2.75) is 39.2 Å². The second-order valence-electron chi connectivity index (χ2n) is 9.51. The van der Waals surface area contributed by atoms with E-state index >= 15 is 0 Å². The van der Waals surface area contributed by atoms with Crippen molar-refractivity contribution < 1.29 is 14.3 Å². The zero-order chi connectivity index (χ0) is 22.8. The molecule has 8 nitrogen and oxygen atoms in total. The number of ether oxygens (including phenoxy) is 2. The number of carbonyl (C=O) groups excluding carboxylic acids is 1. The zero-order valence-electron chi connectivity index (χ0n) is 19.7. The number of aromatic nitrogens is 2. The van der Waals surface area contributed by atoms with Crippen molar-refractivity contribution >= 4 is 33.3 Å². The fourth-order valence-corrected chi connectivity index (χ4v) is 6.46. The first-order valence-electron chi connectivity index (χ1n) is 12.2. The number of thiophene rings is 1. The monoisotopic (exact) mass is 473 g/mol. The molecule has 0 bridgehead atoms. The number of nitrogens with one attached hydrogen (secondary N) is 1. The van der Waals surface area contributed by atoms with Crippen LogP contribution >= 0.6 is 11.3 Å². The van der Waals surface area contributed by atoms with Gasteiger partial charge < -0.3 is 19.7 Å². The molecule has 2 aromatic heterocycles. The van der Waals surface area contributed by atoms with Crippen molar-refractivity contribution in [2.75, 3.05) is 64.1 Å². The van der Waals surface area contributed by atoms with E-state index in [4.69, 9.17) is 9.47 Å². The summed E-state index contributed by atoms with van der Waals surface area (Å²) in [6.45, 7) is 11.7. The van der Waals surface area contributed by atoms with Gasteiger partial charge in [0.2, 0.25) is 5.91 Å². The van der Waals surface area contributed by atoms with Crippen LogP contribution in [0, 0.1) is 25.7 Å². The maximum absolute atomic E-state index is 13.1. The maximum atomic E-state index is 13.1. The fraction of sp³-hybridized carbons (Fsp3) is 0.708. The normalized spacial score (nSPS) is 23.8. The molecule has 2 atom stereocenters. The highest BCUT2D eigenvalue weighted by molar-refractivity contribution is 7.18. The van der Waals surface area contributed by atoms with Gasteiger partial charge in [0.25, 0.3) is 0 Å². The van der Waals surface area contributed by atoms with Gasteiger partial charge in [-0.05, 0) is 38.7 Å². The van der Waals surface area contributed by atoms with Gasteiger partial charge in [0.05, 0.1) is 25.2 Å². The summed E-state index contributed by atoms with van der Waals surface area (Å²) in [5, 5.41) is 4.48. The molecule has 3 aliphatic heterocycles. The Labute approximate surface area is 199 Å². The predicted molar refractivity (Wildman–Crippen MR) is 130 cm³/mol. The van der Waals surface area contributed by atoms with Crippen LogP contribution in [0.3, 0.4) is 0 Å². The lowest BCUT2D eigenvalue weighted by atomic mass is 9.94. The van der Waals surface area contributed by atoms with Crippen molar-refractivity contribution in [1.82, 2.24) is 20.2 Å². The number of amides is 1. The van der Waals surface area contributed by atoms with Crippen LogP contribution < -0.4 is 10.2 Å². The van der Waals surface area contributed by atoms with Gasteiger partial charge in [0.15, 0.2) is 0 Å². The average Bonchev–Trinajstić information content (AvgIpc) is 3.48. The first-order chi connectivity index (χ1) is 16.1. The number of rotatable bonds is 6. The van der Waals surface area contributed by atoms with Crippen LogP contribution in [0.25, 0.3) is 10.2 Å². The average molecular weight is 474 g/mol. The van der Waals surface area contributed by atoms with Crippen LogP contribution in [0.5, 0.6) is 0 Å². The minimum Gasteiger partial charge on any atom is -0.381 e. The predicted octanol–water partition coefficient (Wildman–Crippen LogP) is 2.38. The van der Waals surface area contributed by atoms with Gasteiger partial charge in [-0.25, -0.2) is 9.97 Å². The molecule has 9 heteroatoms. The van der Waals surface area contributed by atoms with Gasteiger partial charge in [-0.15, -0.1) is 11.3 Å². The molecule has 180 valence electrons. The first kappa shape index (κ1) is 23.0. The Bertz CT molecular complexity index is 962. The molecule has 33 heavy (non-hydrogen) atoms. The molecular weight excluding hydrogens is 438 g/mol. The zero-order valence-corrected chi connectivity index (χ0v) is 20.5. The Morgan fingerprint density at radius 3 is 2.64 bits per heavy atom. The molecular formula is C24H35N5O3S. The molecule has 0 saturated carbocycles. The van der Waals surface area contributed by atoms with E-state index < -0.39 is 0 Å². The Morgan fingerprint density at radius 2 is 1.91 bits per heavy atom. The number of nitrogens with zero attached hydrogens (tertiary/aromatic N) is 4. The molecule has 0 aromatic carbocycles. The van der Waals surface area contributed by atoms with E-state index in [-0.39, 0.29) is 11.8 Å². The number of anilines is 1. The molecule has 0 spiro atoms. The molecule has 2 aromatic rings. The molecule has 1 amide bonds. The van der Waals surface area contributed by atoms with Crippen LogP contribution in [0.2, 0.25) is 0 Å². The van der Waals surface area contributed by atoms with Gasteiger partial charge in [-0.3, -0.25) is 9.69 Å². The Morgan fingerprint density at radius 1 is 1.12 bits per heavy atom. The summed E-state index contributed by atoms with van der Waals surface area (Å²) in [5.41, 5.74) is 1.27. The number of hydrogen-bond donors (Lipinski definition) is 1. The van der Waals surface area contributed by atoms with Gasteiger partial charge in [-0.2, -0.15) is 0 Å². The number of fused-ring (bicyclic) bond motifs is 1. The van der Waals surface area contributed by atoms with Gasteiger partial charge in [0, 0.05) is 62.1 Å². The summed E-state index contributed by atoms with van der Waals surface area (Å²) < 4.78 is 11.2. The highest BCUT2D eigenvalue weighted by atomic mass is 32.1. The molecule has 0 radical (unpaired) electrons. The highest BCUT2D eigenvalue weighted by Crippen LogP contribution is 2.35. The third kappa shape index (κ3) is 4.87. The number of morpholine rings is 1. The van der Waals surface area contributed by atoms with Crippen molar-refractivity contribution in [3.8, 4) is 0 Å². The van der Waals surface area contributed by atoms with E-state index in [2.05, 4.69) is 38.9 Å². The maximum Gasteiger partial charge on any atom is 0.223 e. The SMILES string of the molecule is Cc1sc2ncnc(N3CCC(C(=O)NCC(C4CCOC4)N4CCOCC4)CC3)c2c1C. The number of carbonyl (C=O) groups is 1. The topological polar surface area (TPSA) is 79.8 Å². The van der Waals surface area contributed by atoms with Crippen molar-refractivity contribution in [3.05, 3.63) is 16.8 Å². The number of hydrogen-bond acceptors (Lipinski definition) is 8. The fourth-order valence-electron chi connectivity index (χ4n) is 5.47. The number of piperidine rings is 1. The molecule has 3 saturated heterocycles. The van der Waals surface area contributed by atoms with E-state index in [9.17, 15) is 4.79 Å². The quantitative estimate of drug-likeness (QED) is 0.690. The smallest absolute Gasteiger partial charge is 0.223 e. The van der Waals surface area contributed by atoms with Gasteiger partial charge in [0.1, 0.15) is 17.0 Å². The lowest BCUT2D eigenvalue weighted by molar-refractivity contribution is -0.126. The second-order valence-corrected chi connectivity index (χ2v) is 10.7. The van der Waals surface area contributed by atoms with E-state index in [0.29, 0.717) is 18.5 Å². The molecule has 3 fully saturated rings. The summed E-state index contributed by atoms with van der Waals surface area (Å²) in [5.74, 6) is 1.77. The molecule has 5 heterocycles. The Balaban J connectivity index is 1.18. The summed E-state index contributed by atoms with van der Waals surface area (Å²) >= 11 is 1.73. The first-order valence-corrected chi connectivity index (χ1v) is 13.1. The standard InChI is InChI=1S/C24H35N5O3S/c1-16-17(2)33-24-21(16)22(26-15-27-24)29-6-3-18(4-7-29)23(30)25-13-20(19-5-10-32-14-19)28-8-11-31-12-9-28/h15,18-20H,3-14H2,1-2H3,(H,25,30). The van der Waals surface area contributed by atoms with Gasteiger partial charge >= 0.3 is 0 Å². The van der Waals surface area contributed by atoms with E-state index in [1.807, 2.05) is 0 Å². The molecule has 1 N–H and O–H groups in total. The minimum atomic E-state index is 0.0639. The molecule has 5 rings (SSSR count). The van der Waals surface area contributed by atoms with Crippen LogP contribution in [0.15, 0.2) is 6.33 Å². The summed E-state index contributed by atoms with van der Waals surface area (Å²) in [4.78, 5) is 29.3. The lowest BCUT2D eigenvalue weighted by Gasteiger charge is -2.38. The van der Waals surface area contributed by atoms with Gasteiger partial charge in [-0.1, -0.05) is 0 Å². The van der Waals surface area contributed by atoms with E-state index in [0.717, 1.165) is 82.5 Å². The summed E-state index contributed by atoms with van der Waals surface area (Å²) in [7, 11) is 0. The third-order valence-corrected chi connectivity index (χ3v) is 8.74.